The van der Waals surface area contributed by atoms with Gasteiger partial charge in [0.15, 0.2) is 0 Å². The third-order valence-electron chi connectivity index (χ3n) is 4.54. The number of rotatable bonds is 7. The largest absolute Gasteiger partial charge is 0.383 e. The van der Waals surface area contributed by atoms with Gasteiger partial charge in [-0.25, -0.2) is 4.68 Å². The molecule has 0 saturated carbocycles. The summed E-state index contributed by atoms with van der Waals surface area (Å²) in [6.45, 7) is 3.90. The molecule has 1 aromatic heterocycles. The maximum absolute atomic E-state index is 13.0. The van der Waals surface area contributed by atoms with E-state index in [1.54, 1.807) is 18.0 Å². The third kappa shape index (κ3) is 4.93. The molecular weight excluding hydrogens is 346 g/mol. The van der Waals surface area contributed by atoms with E-state index in [-0.39, 0.29) is 11.8 Å². The summed E-state index contributed by atoms with van der Waals surface area (Å²) in [6, 6.07) is 9.31. The van der Waals surface area contributed by atoms with Crippen LogP contribution in [0.15, 0.2) is 42.7 Å². The van der Waals surface area contributed by atoms with Crippen LogP contribution < -0.4 is 5.32 Å². The monoisotopic (exact) mass is 371 g/mol. The van der Waals surface area contributed by atoms with Gasteiger partial charge < -0.3 is 15.0 Å². The summed E-state index contributed by atoms with van der Waals surface area (Å²) in [6.07, 6.45) is 3.52. The number of aromatic nitrogens is 2. The SMILES string of the molecule is COCCNC(=O)CN1CCN(C(=O)c2ccccc2-n2cccn2)CC1. The number of carbonyl (C=O) groups is 2. The molecule has 1 aromatic carbocycles. The van der Waals surface area contributed by atoms with Crippen molar-refractivity contribution in [2.45, 2.75) is 0 Å². The number of hydrogen-bond acceptors (Lipinski definition) is 5. The zero-order valence-electron chi connectivity index (χ0n) is 15.5. The van der Waals surface area contributed by atoms with Crippen molar-refractivity contribution in [3.8, 4) is 5.69 Å². The second-order valence-electron chi connectivity index (χ2n) is 6.38. The number of piperazine rings is 1. The predicted molar refractivity (Wildman–Crippen MR) is 101 cm³/mol. The summed E-state index contributed by atoms with van der Waals surface area (Å²) in [5.41, 5.74) is 1.40. The molecule has 144 valence electrons. The first-order valence-corrected chi connectivity index (χ1v) is 9.05. The molecule has 27 heavy (non-hydrogen) atoms. The van der Waals surface area contributed by atoms with Crippen molar-refractivity contribution < 1.29 is 14.3 Å². The van der Waals surface area contributed by atoms with Gasteiger partial charge in [0.05, 0.1) is 24.4 Å². The number of nitrogens with zero attached hydrogens (tertiary/aromatic N) is 4. The second kappa shape index (κ2) is 9.29. The third-order valence-corrected chi connectivity index (χ3v) is 4.54. The van der Waals surface area contributed by atoms with Gasteiger partial charge in [-0.1, -0.05) is 12.1 Å². The molecule has 8 nitrogen and oxygen atoms in total. The average Bonchev–Trinajstić information content (AvgIpc) is 3.23. The lowest BCUT2D eigenvalue weighted by molar-refractivity contribution is -0.122. The Kier molecular flexibility index (Phi) is 6.56. The standard InChI is InChI=1S/C19H25N5O3/c1-27-14-8-20-18(25)15-22-10-12-23(13-11-22)19(26)16-5-2-3-6-17(16)24-9-4-7-21-24/h2-7,9H,8,10-15H2,1H3,(H,20,25). The quantitative estimate of drug-likeness (QED) is 0.713. The highest BCUT2D eigenvalue weighted by Crippen LogP contribution is 2.17. The minimum Gasteiger partial charge on any atom is -0.383 e. The Morgan fingerprint density at radius 2 is 1.93 bits per heavy atom. The molecule has 2 aromatic rings. The lowest BCUT2D eigenvalue weighted by atomic mass is 10.1. The summed E-state index contributed by atoms with van der Waals surface area (Å²) in [7, 11) is 1.60. The number of amides is 2. The van der Waals surface area contributed by atoms with Crippen LogP contribution >= 0.6 is 0 Å². The first kappa shape index (κ1) is 19.1. The van der Waals surface area contributed by atoms with Crippen LogP contribution in [-0.4, -0.2) is 84.4 Å². The van der Waals surface area contributed by atoms with E-state index in [2.05, 4.69) is 15.3 Å². The fourth-order valence-corrected chi connectivity index (χ4v) is 3.10. The molecular formula is C19H25N5O3. The van der Waals surface area contributed by atoms with E-state index in [0.29, 0.717) is 51.4 Å². The van der Waals surface area contributed by atoms with Crippen molar-refractivity contribution in [2.24, 2.45) is 0 Å². The van der Waals surface area contributed by atoms with E-state index in [4.69, 9.17) is 4.74 Å². The molecule has 0 atom stereocenters. The van der Waals surface area contributed by atoms with Crippen molar-refractivity contribution in [2.75, 3.05) is 53.0 Å². The molecule has 1 fully saturated rings. The number of methoxy groups -OCH3 is 1. The van der Waals surface area contributed by atoms with E-state index in [0.717, 1.165) is 5.69 Å². The number of benzene rings is 1. The summed E-state index contributed by atoms with van der Waals surface area (Å²) in [4.78, 5) is 28.8. The van der Waals surface area contributed by atoms with Crippen LogP contribution in [0.2, 0.25) is 0 Å². The zero-order chi connectivity index (χ0) is 19.1. The molecule has 1 aliphatic heterocycles. The topological polar surface area (TPSA) is 79.7 Å². The van der Waals surface area contributed by atoms with Gasteiger partial charge in [0.2, 0.25) is 5.91 Å². The Morgan fingerprint density at radius 3 is 2.63 bits per heavy atom. The summed E-state index contributed by atoms with van der Waals surface area (Å²) < 4.78 is 6.62. The lowest BCUT2D eigenvalue weighted by Gasteiger charge is -2.34. The summed E-state index contributed by atoms with van der Waals surface area (Å²) in [5, 5.41) is 7.05. The minimum absolute atomic E-state index is 0.00899. The number of para-hydroxylation sites is 1. The highest BCUT2D eigenvalue weighted by atomic mass is 16.5. The van der Waals surface area contributed by atoms with E-state index >= 15 is 0 Å². The fourth-order valence-electron chi connectivity index (χ4n) is 3.10. The second-order valence-corrected chi connectivity index (χ2v) is 6.38. The summed E-state index contributed by atoms with van der Waals surface area (Å²) >= 11 is 0. The minimum atomic E-state index is -0.0177. The van der Waals surface area contributed by atoms with Crippen molar-refractivity contribution in [3.05, 3.63) is 48.3 Å². The number of nitrogens with one attached hydrogen (secondary N) is 1. The average molecular weight is 371 g/mol. The molecule has 0 bridgehead atoms. The molecule has 1 N–H and O–H groups in total. The van der Waals surface area contributed by atoms with Gasteiger partial charge >= 0.3 is 0 Å². The van der Waals surface area contributed by atoms with Gasteiger partial charge in [-0.05, 0) is 18.2 Å². The van der Waals surface area contributed by atoms with Crippen LogP contribution in [0, 0.1) is 0 Å². The van der Waals surface area contributed by atoms with E-state index < -0.39 is 0 Å². The van der Waals surface area contributed by atoms with Crippen molar-refractivity contribution in [1.29, 1.82) is 0 Å². The Morgan fingerprint density at radius 1 is 1.15 bits per heavy atom. The van der Waals surface area contributed by atoms with Crippen LogP contribution in [-0.2, 0) is 9.53 Å². The summed E-state index contributed by atoms with van der Waals surface area (Å²) in [5.74, 6) is -0.0267. The highest BCUT2D eigenvalue weighted by molar-refractivity contribution is 5.97. The van der Waals surface area contributed by atoms with Crippen LogP contribution in [0.1, 0.15) is 10.4 Å². The predicted octanol–water partition coefficient (Wildman–Crippen LogP) is 0.393. The maximum Gasteiger partial charge on any atom is 0.256 e. The zero-order valence-corrected chi connectivity index (χ0v) is 15.5. The van der Waals surface area contributed by atoms with Crippen molar-refractivity contribution in [3.63, 3.8) is 0 Å². The van der Waals surface area contributed by atoms with Gasteiger partial charge in [-0.3, -0.25) is 14.5 Å². The van der Waals surface area contributed by atoms with Crippen molar-refractivity contribution in [1.82, 2.24) is 24.9 Å². The lowest BCUT2D eigenvalue weighted by Crippen LogP contribution is -2.51. The van der Waals surface area contributed by atoms with Gasteiger partial charge in [0.1, 0.15) is 0 Å². The highest BCUT2D eigenvalue weighted by Gasteiger charge is 2.25. The Bertz CT molecular complexity index is 754. The Labute approximate surface area is 158 Å². The Hall–Kier alpha value is -2.71. The molecule has 0 aliphatic carbocycles. The molecule has 0 radical (unpaired) electrons. The fraction of sp³-hybridized carbons (Fsp3) is 0.421. The molecule has 0 spiro atoms. The van der Waals surface area contributed by atoms with E-state index in [9.17, 15) is 9.59 Å². The maximum atomic E-state index is 13.0. The van der Waals surface area contributed by atoms with Crippen LogP contribution in [0.5, 0.6) is 0 Å². The van der Waals surface area contributed by atoms with Gasteiger partial charge in [0.25, 0.3) is 5.91 Å². The van der Waals surface area contributed by atoms with Crippen LogP contribution in [0.25, 0.3) is 5.69 Å². The van der Waals surface area contributed by atoms with Gasteiger partial charge in [0, 0.05) is 52.2 Å². The van der Waals surface area contributed by atoms with E-state index in [1.807, 2.05) is 41.4 Å². The molecule has 0 unspecified atom stereocenters. The molecule has 1 aliphatic rings. The molecule has 3 rings (SSSR count). The Balaban J connectivity index is 1.56. The molecule has 2 heterocycles. The molecule has 1 saturated heterocycles. The van der Waals surface area contributed by atoms with Gasteiger partial charge in [-0.15, -0.1) is 0 Å². The number of carbonyl (C=O) groups excluding carboxylic acids is 2. The van der Waals surface area contributed by atoms with Crippen LogP contribution in [0.4, 0.5) is 0 Å². The normalized spacial score (nSPS) is 14.9. The number of hydrogen-bond donors (Lipinski definition) is 1. The van der Waals surface area contributed by atoms with Crippen molar-refractivity contribution >= 4 is 11.8 Å². The van der Waals surface area contributed by atoms with Gasteiger partial charge in [-0.2, -0.15) is 5.10 Å². The smallest absolute Gasteiger partial charge is 0.256 e. The molecule has 2 amide bonds. The van der Waals surface area contributed by atoms with E-state index in [1.165, 1.54) is 0 Å². The number of ether oxygens (including phenoxy) is 1. The first-order valence-electron chi connectivity index (χ1n) is 9.05. The first-order chi connectivity index (χ1) is 13.2. The molecule has 8 heteroatoms. The van der Waals surface area contributed by atoms with Crippen LogP contribution in [0.3, 0.4) is 0 Å².